The largest absolute Gasteiger partial charge is 0.493 e. The van der Waals surface area contributed by atoms with Crippen molar-refractivity contribution in [1.82, 2.24) is 5.32 Å². The summed E-state index contributed by atoms with van der Waals surface area (Å²) >= 11 is 6.16. The van der Waals surface area contributed by atoms with Gasteiger partial charge in [0.1, 0.15) is 0 Å². The summed E-state index contributed by atoms with van der Waals surface area (Å²) in [6.07, 6.45) is 0. The van der Waals surface area contributed by atoms with Crippen LogP contribution < -0.4 is 14.8 Å². The molecule has 1 atom stereocenters. The summed E-state index contributed by atoms with van der Waals surface area (Å²) < 4.78 is 10.5. The van der Waals surface area contributed by atoms with Crippen molar-refractivity contribution in [3.8, 4) is 11.5 Å². The molecule has 2 aromatic carbocycles. The molecular formula is C17H18ClNO3. The number of benzene rings is 2. The zero-order valence-corrected chi connectivity index (χ0v) is 13.5. The molecule has 0 heterocycles. The molecule has 0 aliphatic rings. The topological polar surface area (TPSA) is 47.6 Å². The highest BCUT2D eigenvalue weighted by Gasteiger charge is 2.19. The highest BCUT2D eigenvalue weighted by atomic mass is 35.5. The Balaban J connectivity index is 2.25. The Morgan fingerprint density at radius 3 is 2.45 bits per heavy atom. The van der Waals surface area contributed by atoms with Crippen molar-refractivity contribution in [2.75, 3.05) is 14.2 Å². The quantitative estimate of drug-likeness (QED) is 0.910. The van der Waals surface area contributed by atoms with Crippen LogP contribution in [-0.2, 0) is 0 Å². The Bertz CT molecular complexity index is 673. The lowest BCUT2D eigenvalue weighted by Crippen LogP contribution is -2.27. The predicted molar refractivity (Wildman–Crippen MR) is 86.9 cm³/mol. The fourth-order valence-corrected chi connectivity index (χ4v) is 2.54. The number of hydrogen-bond acceptors (Lipinski definition) is 3. The summed E-state index contributed by atoms with van der Waals surface area (Å²) in [5.74, 6) is 0.678. The van der Waals surface area contributed by atoms with E-state index in [-0.39, 0.29) is 11.9 Å². The molecule has 1 N–H and O–H groups in total. The third kappa shape index (κ3) is 3.34. The minimum absolute atomic E-state index is 0.225. The van der Waals surface area contributed by atoms with Crippen molar-refractivity contribution in [3.63, 3.8) is 0 Å². The average Bonchev–Trinajstić information content (AvgIpc) is 2.54. The van der Waals surface area contributed by atoms with Gasteiger partial charge in [0.2, 0.25) is 0 Å². The summed E-state index contributed by atoms with van der Waals surface area (Å²) in [4.78, 5) is 12.5. The molecule has 5 heteroatoms. The Morgan fingerprint density at radius 2 is 1.82 bits per heavy atom. The predicted octanol–water partition coefficient (Wildman–Crippen LogP) is 3.85. The number of rotatable bonds is 5. The van der Waals surface area contributed by atoms with E-state index in [1.165, 1.54) is 14.2 Å². The Labute approximate surface area is 135 Å². The van der Waals surface area contributed by atoms with E-state index in [1.54, 1.807) is 24.3 Å². The summed E-state index contributed by atoms with van der Waals surface area (Å²) in [7, 11) is 3.04. The smallest absolute Gasteiger partial charge is 0.255 e. The van der Waals surface area contributed by atoms with Crippen molar-refractivity contribution in [1.29, 1.82) is 0 Å². The molecule has 22 heavy (non-hydrogen) atoms. The van der Waals surface area contributed by atoms with Crippen LogP contribution in [0.5, 0.6) is 11.5 Å². The molecule has 0 radical (unpaired) electrons. The number of hydrogen-bond donors (Lipinski definition) is 1. The van der Waals surface area contributed by atoms with E-state index in [0.717, 1.165) is 5.56 Å². The first kappa shape index (κ1) is 16.2. The lowest BCUT2D eigenvalue weighted by Gasteiger charge is -2.17. The van der Waals surface area contributed by atoms with Crippen LogP contribution in [0.1, 0.15) is 28.9 Å². The minimum Gasteiger partial charge on any atom is -0.493 e. The van der Waals surface area contributed by atoms with Gasteiger partial charge in [-0.15, -0.1) is 0 Å². The van der Waals surface area contributed by atoms with E-state index in [0.29, 0.717) is 22.1 Å². The maximum absolute atomic E-state index is 12.5. The van der Waals surface area contributed by atoms with Gasteiger partial charge in [0, 0.05) is 5.02 Å². The first-order valence-electron chi connectivity index (χ1n) is 6.84. The molecule has 4 nitrogen and oxygen atoms in total. The fourth-order valence-electron chi connectivity index (χ4n) is 2.24. The molecule has 116 valence electrons. The first-order valence-corrected chi connectivity index (χ1v) is 7.22. The van der Waals surface area contributed by atoms with Crippen LogP contribution in [-0.4, -0.2) is 20.1 Å². The van der Waals surface area contributed by atoms with Crippen molar-refractivity contribution < 1.29 is 14.3 Å². The van der Waals surface area contributed by atoms with E-state index in [1.807, 2.05) is 25.1 Å². The van der Waals surface area contributed by atoms with Crippen LogP contribution in [0, 0.1) is 0 Å². The molecular weight excluding hydrogens is 302 g/mol. The summed E-state index contributed by atoms with van der Waals surface area (Å²) in [5, 5.41) is 3.54. The van der Waals surface area contributed by atoms with Crippen molar-refractivity contribution >= 4 is 17.5 Å². The second-order valence-electron chi connectivity index (χ2n) is 4.76. The standard InChI is InChI=1S/C17H18ClNO3/c1-11(12-7-4-5-9-14(12)18)19-17(20)13-8-6-10-15(21-2)16(13)22-3/h4-11H,1-3H3,(H,19,20). The van der Waals surface area contributed by atoms with E-state index >= 15 is 0 Å². The van der Waals surface area contributed by atoms with Crippen LogP contribution in [0.3, 0.4) is 0 Å². The number of halogens is 1. The second-order valence-corrected chi connectivity index (χ2v) is 5.16. The molecule has 2 aromatic rings. The normalized spacial score (nSPS) is 11.6. The second kappa shape index (κ2) is 7.18. The summed E-state index contributed by atoms with van der Waals surface area (Å²) in [6, 6.07) is 12.4. The molecule has 0 saturated heterocycles. The van der Waals surface area contributed by atoms with Crippen LogP contribution in [0.15, 0.2) is 42.5 Å². The maximum atomic E-state index is 12.5. The van der Waals surface area contributed by atoms with Gasteiger partial charge < -0.3 is 14.8 Å². The van der Waals surface area contributed by atoms with Crippen molar-refractivity contribution in [2.45, 2.75) is 13.0 Å². The van der Waals surface area contributed by atoms with Gasteiger partial charge in [0.05, 0.1) is 25.8 Å². The fraction of sp³-hybridized carbons (Fsp3) is 0.235. The van der Waals surface area contributed by atoms with Gasteiger partial charge in [0.25, 0.3) is 5.91 Å². The zero-order valence-electron chi connectivity index (χ0n) is 12.7. The SMILES string of the molecule is COc1cccc(C(=O)NC(C)c2ccccc2Cl)c1OC. The molecule has 0 bridgehead atoms. The van der Waals surface area contributed by atoms with Crippen LogP contribution in [0.4, 0.5) is 0 Å². The average molecular weight is 320 g/mol. The monoisotopic (exact) mass is 319 g/mol. The molecule has 0 aromatic heterocycles. The first-order chi connectivity index (χ1) is 10.6. The van der Waals surface area contributed by atoms with Gasteiger partial charge in [-0.2, -0.15) is 0 Å². The van der Waals surface area contributed by atoms with E-state index < -0.39 is 0 Å². The van der Waals surface area contributed by atoms with Gasteiger partial charge in [-0.05, 0) is 30.7 Å². The third-order valence-corrected chi connectivity index (χ3v) is 3.71. The number of carbonyl (C=O) groups excluding carboxylic acids is 1. The Kier molecular flexibility index (Phi) is 5.28. The van der Waals surface area contributed by atoms with Gasteiger partial charge in [-0.25, -0.2) is 0 Å². The number of para-hydroxylation sites is 1. The molecule has 1 unspecified atom stereocenters. The molecule has 0 saturated carbocycles. The van der Waals surface area contributed by atoms with Crippen molar-refractivity contribution in [3.05, 3.63) is 58.6 Å². The van der Waals surface area contributed by atoms with Crippen LogP contribution in [0.25, 0.3) is 0 Å². The lowest BCUT2D eigenvalue weighted by atomic mass is 10.1. The third-order valence-electron chi connectivity index (χ3n) is 3.37. The number of amides is 1. The maximum Gasteiger partial charge on any atom is 0.255 e. The van der Waals surface area contributed by atoms with Gasteiger partial charge in [-0.3, -0.25) is 4.79 Å². The zero-order chi connectivity index (χ0) is 16.1. The van der Waals surface area contributed by atoms with Gasteiger partial charge in [0.15, 0.2) is 11.5 Å². The minimum atomic E-state index is -0.247. The number of nitrogens with one attached hydrogen (secondary N) is 1. The number of ether oxygens (including phenoxy) is 2. The highest BCUT2D eigenvalue weighted by molar-refractivity contribution is 6.31. The molecule has 0 aliphatic heterocycles. The molecule has 2 rings (SSSR count). The van der Waals surface area contributed by atoms with Gasteiger partial charge in [-0.1, -0.05) is 35.9 Å². The Morgan fingerprint density at radius 1 is 1.09 bits per heavy atom. The van der Waals surface area contributed by atoms with Crippen molar-refractivity contribution in [2.24, 2.45) is 0 Å². The molecule has 0 fully saturated rings. The van der Waals surface area contributed by atoms with Crippen LogP contribution >= 0.6 is 11.6 Å². The Hall–Kier alpha value is -2.20. The van der Waals surface area contributed by atoms with E-state index in [2.05, 4.69) is 5.32 Å². The van der Waals surface area contributed by atoms with E-state index in [4.69, 9.17) is 21.1 Å². The summed E-state index contributed by atoms with van der Waals surface area (Å²) in [5.41, 5.74) is 1.28. The molecule has 1 amide bonds. The summed E-state index contributed by atoms with van der Waals surface area (Å²) in [6.45, 7) is 1.88. The number of methoxy groups -OCH3 is 2. The lowest BCUT2D eigenvalue weighted by molar-refractivity contribution is 0.0936. The van der Waals surface area contributed by atoms with Crippen LogP contribution in [0.2, 0.25) is 5.02 Å². The molecule has 0 aliphatic carbocycles. The van der Waals surface area contributed by atoms with Gasteiger partial charge >= 0.3 is 0 Å². The highest BCUT2D eigenvalue weighted by Crippen LogP contribution is 2.31. The molecule has 0 spiro atoms. The number of carbonyl (C=O) groups is 1. The van der Waals surface area contributed by atoms with E-state index in [9.17, 15) is 4.79 Å².